The standard InChI is InChI=1S/C19H21NO4.C11H12Cl2N2O.2ClH/c1-2-8-20-9-7-18-15-11-3-4-12(21)16(15)24-17(18)13(22)5-6-19(18,23)14(20)10-11;1-7(11-14-5-6-15-11)16-10-8(12)3-2-4-9(10)13;;/h2-4,14,17,21,23H,1,5-10H2;2-4,7H,5-6H2,1H3,(H,14,15);2*1H/t14-,17+,18+,19-;;;/m1.../s1. The molecule has 2 aromatic rings. The van der Waals surface area contributed by atoms with E-state index < -0.39 is 17.1 Å². The molecule has 3 aliphatic heterocycles. The predicted molar refractivity (Wildman–Crippen MR) is 169 cm³/mol. The number of rotatable bonds is 5. The molecule has 5 aliphatic rings. The van der Waals surface area contributed by atoms with E-state index in [4.69, 9.17) is 32.7 Å². The Morgan fingerprint density at radius 3 is 2.67 bits per heavy atom. The zero-order valence-corrected chi connectivity index (χ0v) is 26.3. The molecule has 2 aromatic carbocycles. The van der Waals surface area contributed by atoms with E-state index in [2.05, 4.69) is 21.8 Å². The van der Waals surface area contributed by atoms with Crippen LogP contribution in [0, 0.1) is 0 Å². The largest absolute Gasteiger partial charge is 0.504 e. The lowest BCUT2D eigenvalue weighted by molar-refractivity contribution is -0.187. The minimum atomic E-state index is -1.00. The maximum atomic E-state index is 12.6. The molecule has 2 bridgehead atoms. The second-order valence-corrected chi connectivity index (χ2v) is 11.9. The van der Waals surface area contributed by atoms with Gasteiger partial charge in [-0.3, -0.25) is 14.7 Å². The van der Waals surface area contributed by atoms with Gasteiger partial charge in [-0.15, -0.1) is 31.4 Å². The number of amidine groups is 1. The fraction of sp³-hybridized carbons (Fsp3) is 0.467. The van der Waals surface area contributed by atoms with Crippen LogP contribution in [-0.4, -0.2) is 76.8 Å². The molecule has 0 amide bonds. The van der Waals surface area contributed by atoms with Gasteiger partial charge in [0.15, 0.2) is 35.2 Å². The molecule has 0 radical (unpaired) electrons. The summed E-state index contributed by atoms with van der Waals surface area (Å²) >= 11 is 12.0. The average Bonchev–Trinajstić information content (AvgIpc) is 3.59. The monoisotopic (exact) mass is 657 g/mol. The normalized spacial score (nSPS) is 28.8. The van der Waals surface area contributed by atoms with Gasteiger partial charge in [0.25, 0.3) is 0 Å². The molecule has 228 valence electrons. The maximum absolute atomic E-state index is 12.6. The number of ether oxygens (including phenoxy) is 2. The van der Waals surface area contributed by atoms with Gasteiger partial charge in [0.1, 0.15) is 5.84 Å². The van der Waals surface area contributed by atoms with Crippen LogP contribution in [0.3, 0.4) is 0 Å². The molecule has 0 aromatic heterocycles. The minimum Gasteiger partial charge on any atom is -0.504 e. The minimum absolute atomic E-state index is 0. The molecule has 3 N–H and O–H groups in total. The van der Waals surface area contributed by atoms with Crippen LogP contribution in [0.25, 0.3) is 0 Å². The summed E-state index contributed by atoms with van der Waals surface area (Å²) in [5, 5.41) is 26.3. The van der Waals surface area contributed by atoms with Crippen molar-refractivity contribution >= 4 is 59.6 Å². The number of nitrogens with zero attached hydrogens (tertiary/aromatic N) is 2. The number of hydrogen-bond donors (Lipinski definition) is 3. The van der Waals surface area contributed by atoms with Gasteiger partial charge in [-0.1, -0.05) is 41.4 Å². The van der Waals surface area contributed by atoms with Crippen molar-refractivity contribution in [3.63, 3.8) is 0 Å². The Hall–Kier alpha value is -2.20. The average molecular weight is 659 g/mol. The van der Waals surface area contributed by atoms with E-state index in [1.165, 1.54) is 0 Å². The molecule has 1 spiro atoms. The molecule has 1 unspecified atom stereocenters. The summed E-state index contributed by atoms with van der Waals surface area (Å²) in [6.45, 7) is 8.93. The molecule has 1 saturated heterocycles. The predicted octanol–water partition coefficient (Wildman–Crippen LogP) is 4.91. The van der Waals surface area contributed by atoms with Gasteiger partial charge in [0, 0.05) is 37.7 Å². The van der Waals surface area contributed by atoms with E-state index in [0.29, 0.717) is 47.2 Å². The Kier molecular flexibility index (Phi) is 9.68. The highest BCUT2D eigenvalue weighted by molar-refractivity contribution is 6.37. The first kappa shape index (κ1) is 32.7. The molecule has 12 heteroatoms. The van der Waals surface area contributed by atoms with Crippen molar-refractivity contribution in [3.8, 4) is 17.2 Å². The van der Waals surface area contributed by atoms with Crippen LogP contribution in [0.1, 0.15) is 37.3 Å². The van der Waals surface area contributed by atoms with Crippen molar-refractivity contribution in [3.05, 3.63) is 64.2 Å². The summed E-state index contributed by atoms with van der Waals surface area (Å²) in [5.41, 5.74) is 0.256. The van der Waals surface area contributed by atoms with Crippen molar-refractivity contribution < 1.29 is 24.5 Å². The zero-order chi connectivity index (χ0) is 28.2. The lowest BCUT2D eigenvalue weighted by atomic mass is 9.49. The highest BCUT2D eigenvalue weighted by Gasteiger charge is 2.73. The van der Waals surface area contributed by atoms with E-state index in [9.17, 15) is 15.0 Å². The number of halogens is 4. The number of carbonyl (C=O) groups excluding carboxylic acids is 1. The van der Waals surface area contributed by atoms with E-state index >= 15 is 0 Å². The number of Topliss-reactive ketones (excluding diaryl/α,β-unsaturated/α-hetero) is 1. The SMILES string of the molecule is C=CCN1CC[C@]23c4c5ccc(O)c4O[C@H]2C(=O)CC[C@@]3(O)[C@H]1C5.CC(Oc1c(Cl)cccc1Cl)C1=NCCN1.Cl.Cl. The highest BCUT2D eigenvalue weighted by Crippen LogP contribution is 2.64. The first-order valence-electron chi connectivity index (χ1n) is 13.7. The molecule has 1 saturated carbocycles. The van der Waals surface area contributed by atoms with Gasteiger partial charge < -0.3 is 25.0 Å². The smallest absolute Gasteiger partial charge is 0.174 e. The van der Waals surface area contributed by atoms with Crippen LogP contribution >= 0.6 is 48.0 Å². The summed E-state index contributed by atoms with van der Waals surface area (Å²) in [5.74, 6) is 1.88. The molecule has 8 nitrogen and oxygen atoms in total. The van der Waals surface area contributed by atoms with E-state index in [0.717, 1.165) is 43.1 Å². The molecule has 5 atom stereocenters. The van der Waals surface area contributed by atoms with Crippen molar-refractivity contribution in [2.45, 2.75) is 61.9 Å². The molecule has 7 rings (SSSR count). The van der Waals surface area contributed by atoms with Crippen LogP contribution < -0.4 is 14.8 Å². The Morgan fingerprint density at radius 2 is 2.00 bits per heavy atom. The lowest BCUT2D eigenvalue weighted by Crippen LogP contribution is -2.76. The summed E-state index contributed by atoms with van der Waals surface area (Å²) < 4.78 is 11.7. The second-order valence-electron chi connectivity index (χ2n) is 11.1. The number of aromatic hydroxyl groups is 1. The summed E-state index contributed by atoms with van der Waals surface area (Å²) in [6, 6.07) is 8.80. The van der Waals surface area contributed by atoms with Crippen LogP contribution in [-0.2, 0) is 16.6 Å². The topological polar surface area (TPSA) is 104 Å². The number of benzene rings is 2. The second kappa shape index (κ2) is 12.4. The van der Waals surface area contributed by atoms with Crippen molar-refractivity contribution in [2.75, 3.05) is 26.2 Å². The number of phenols is 1. The molecule has 2 fully saturated rings. The quantitative estimate of drug-likeness (QED) is 0.393. The molecule has 3 heterocycles. The number of aliphatic imine (C=N–C) groups is 1. The number of ketones is 1. The van der Waals surface area contributed by atoms with Crippen molar-refractivity contribution in [1.82, 2.24) is 10.2 Å². The van der Waals surface area contributed by atoms with Crippen LogP contribution in [0.15, 0.2) is 48.0 Å². The third kappa shape index (κ3) is 4.94. The first-order valence-corrected chi connectivity index (χ1v) is 14.5. The molecular weight excluding hydrogens is 624 g/mol. The number of hydrogen-bond acceptors (Lipinski definition) is 8. The van der Waals surface area contributed by atoms with Gasteiger partial charge in [-0.25, -0.2) is 0 Å². The Morgan fingerprint density at radius 1 is 1.26 bits per heavy atom. The van der Waals surface area contributed by atoms with Crippen LogP contribution in [0.5, 0.6) is 17.2 Å². The van der Waals surface area contributed by atoms with Crippen LogP contribution in [0.4, 0.5) is 0 Å². The molecule has 42 heavy (non-hydrogen) atoms. The van der Waals surface area contributed by atoms with E-state index in [1.807, 2.05) is 19.1 Å². The first-order chi connectivity index (χ1) is 19.2. The molecule has 2 aliphatic carbocycles. The number of likely N-dealkylation sites (tertiary alicyclic amines) is 1. The number of aliphatic hydroxyl groups is 1. The van der Waals surface area contributed by atoms with Gasteiger partial charge in [0.05, 0.1) is 27.6 Å². The Balaban J connectivity index is 0.000000199. The summed E-state index contributed by atoms with van der Waals surface area (Å²) in [6.07, 6.45) is 3.18. The molecular formula is C30H35Cl4N3O5. The van der Waals surface area contributed by atoms with Gasteiger partial charge in [0.2, 0.25) is 0 Å². The van der Waals surface area contributed by atoms with Crippen LogP contribution in [0.2, 0.25) is 10.0 Å². The zero-order valence-electron chi connectivity index (χ0n) is 23.1. The Bertz CT molecular complexity index is 1390. The van der Waals surface area contributed by atoms with Gasteiger partial charge in [-0.2, -0.15) is 0 Å². The summed E-state index contributed by atoms with van der Waals surface area (Å²) in [7, 11) is 0. The number of carbonyl (C=O) groups is 1. The summed E-state index contributed by atoms with van der Waals surface area (Å²) in [4.78, 5) is 19.2. The third-order valence-corrected chi connectivity index (χ3v) is 9.63. The van der Waals surface area contributed by atoms with E-state index in [-0.39, 0.29) is 48.5 Å². The fourth-order valence-electron chi connectivity index (χ4n) is 7.31. The van der Waals surface area contributed by atoms with Gasteiger partial charge >= 0.3 is 0 Å². The highest BCUT2D eigenvalue weighted by atomic mass is 35.5. The number of nitrogens with one attached hydrogen (secondary N) is 1. The van der Waals surface area contributed by atoms with Crippen molar-refractivity contribution in [2.24, 2.45) is 4.99 Å². The van der Waals surface area contributed by atoms with Gasteiger partial charge in [-0.05, 0) is 49.9 Å². The lowest BCUT2D eigenvalue weighted by Gasteiger charge is -2.62. The van der Waals surface area contributed by atoms with Crippen molar-refractivity contribution in [1.29, 1.82) is 0 Å². The third-order valence-electron chi connectivity index (χ3n) is 9.03. The number of para-hydroxylation sites is 1. The fourth-order valence-corrected chi connectivity index (χ4v) is 7.80. The van der Waals surface area contributed by atoms with E-state index in [1.54, 1.807) is 24.3 Å². The Labute approximate surface area is 267 Å². The number of phenolic OH excluding ortho intramolecular Hbond substituents is 1. The number of piperidine rings is 1. The maximum Gasteiger partial charge on any atom is 0.174 e.